The number of aliphatic hydroxyl groups excluding tert-OH is 1. The van der Waals surface area contributed by atoms with Crippen LogP contribution < -0.4 is 5.32 Å². The minimum Gasteiger partial charge on any atom is -0.391 e. The van der Waals surface area contributed by atoms with Gasteiger partial charge in [-0.25, -0.2) is 0 Å². The minimum atomic E-state index is -0.542. The molecule has 1 aliphatic heterocycles. The first-order valence-corrected chi connectivity index (χ1v) is 7.10. The van der Waals surface area contributed by atoms with Gasteiger partial charge < -0.3 is 15.3 Å². The molecule has 110 valence electrons. The maximum atomic E-state index is 12.1. The van der Waals surface area contributed by atoms with E-state index in [4.69, 9.17) is 0 Å². The normalized spacial score (nSPS) is 21.0. The summed E-state index contributed by atoms with van der Waals surface area (Å²) < 4.78 is 0. The highest BCUT2D eigenvalue weighted by Gasteiger charge is 2.34. The van der Waals surface area contributed by atoms with Gasteiger partial charge in [0.25, 0.3) is 0 Å². The average molecular weight is 270 g/mol. The van der Waals surface area contributed by atoms with E-state index in [0.717, 1.165) is 6.42 Å². The van der Waals surface area contributed by atoms with Crippen molar-refractivity contribution in [2.75, 3.05) is 13.1 Å². The van der Waals surface area contributed by atoms with Gasteiger partial charge in [0.05, 0.1) is 6.10 Å². The van der Waals surface area contributed by atoms with Gasteiger partial charge in [0.1, 0.15) is 6.04 Å². The molecular weight excluding hydrogens is 244 g/mol. The summed E-state index contributed by atoms with van der Waals surface area (Å²) >= 11 is 0. The van der Waals surface area contributed by atoms with Gasteiger partial charge in [-0.05, 0) is 18.8 Å². The fourth-order valence-electron chi connectivity index (χ4n) is 2.19. The molecule has 1 rings (SSSR count). The minimum absolute atomic E-state index is 0.0297. The Kier molecular flexibility index (Phi) is 5.79. The molecule has 2 unspecified atom stereocenters. The van der Waals surface area contributed by atoms with E-state index in [1.807, 2.05) is 27.7 Å². The van der Waals surface area contributed by atoms with Crippen LogP contribution in [-0.4, -0.2) is 47.1 Å². The Morgan fingerprint density at radius 3 is 2.47 bits per heavy atom. The molecule has 2 atom stereocenters. The zero-order valence-electron chi connectivity index (χ0n) is 12.3. The van der Waals surface area contributed by atoms with Gasteiger partial charge in [-0.15, -0.1) is 0 Å². The first-order valence-electron chi connectivity index (χ1n) is 7.10. The number of hydrogen-bond donors (Lipinski definition) is 2. The van der Waals surface area contributed by atoms with Crippen LogP contribution in [0.5, 0.6) is 0 Å². The van der Waals surface area contributed by atoms with Crippen molar-refractivity contribution >= 4 is 11.8 Å². The lowest BCUT2D eigenvalue weighted by Crippen LogP contribution is -2.48. The lowest BCUT2D eigenvalue weighted by Gasteiger charge is -2.26. The molecule has 0 aromatic rings. The van der Waals surface area contributed by atoms with Crippen molar-refractivity contribution in [1.29, 1.82) is 0 Å². The van der Waals surface area contributed by atoms with Crippen LogP contribution >= 0.6 is 0 Å². The molecule has 0 aliphatic carbocycles. The van der Waals surface area contributed by atoms with Crippen molar-refractivity contribution in [3.8, 4) is 0 Å². The van der Waals surface area contributed by atoms with Crippen molar-refractivity contribution in [3.63, 3.8) is 0 Å². The van der Waals surface area contributed by atoms with E-state index < -0.39 is 6.10 Å². The number of rotatable bonds is 5. The number of nitrogens with zero attached hydrogens (tertiary/aromatic N) is 1. The summed E-state index contributed by atoms with van der Waals surface area (Å²) in [4.78, 5) is 25.8. The highest BCUT2D eigenvalue weighted by atomic mass is 16.3. The highest BCUT2D eigenvalue weighted by Crippen LogP contribution is 2.19. The summed E-state index contributed by atoms with van der Waals surface area (Å²) in [6.45, 7) is 8.40. The SMILES string of the molecule is CC(C)C(=O)N1CCCC1C(=O)NCC(O)C(C)C. The topological polar surface area (TPSA) is 69.6 Å². The van der Waals surface area contributed by atoms with Gasteiger partial charge in [-0.2, -0.15) is 0 Å². The standard InChI is InChI=1S/C14H26N2O3/c1-9(2)12(17)8-15-13(18)11-6-5-7-16(11)14(19)10(3)4/h9-12,17H,5-8H2,1-4H3,(H,15,18). The Bertz CT molecular complexity index is 329. The number of aliphatic hydroxyl groups is 1. The van der Waals surface area contributed by atoms with Crippen LogP contribution in [0.4, 0.5) is 0 Å². The Morgan fingerprint density at radius 2 is 1.95 bits per heavy atom. The van der Waals surface area contributed by atoms with Crippen molar-refractivity contribution in [2.24, 2.45) is 11.8 Å². The molecule has 1 fully saturated rings. The largest absolute Gasteiger partial charge is 0.391 e. The second-order valence-electron chi connectivity index (χ2n) is 5.90. The molecular formula is C14H26N2O3. The summed E-state index contributed by atoms with van der Waals surface area (Å²) in [7, 11) is 0. The predicted octanol–water partition coefficient (Wildman–Crippen LogP) is 0.766. The van der Waals surface area contributed by atoms with Gasteiger partial charge in [0.2, 0.25) is 11.8 Å². The molecule has 0 saturated carbocycles. The third-order valence-corrected chi connectivity index (χ3v) is 3.59. The van der Waals surface area contributed by atoms with Crippen LogP contribution in [0.2, 0.25) is 0 Å². The lowest BCUT2D eigenvalue weighted by atomic mass is 10.1. The summed E-state index contributed by atoms with van der Waals surface area (Å²) in [5.41, 5.74) is 0. The number of likely N-dealkylation sites (tertiary alicyclic amines) is 1. The summed E-state index contributed by atoms with van der Waals surface area (Å²) in [5, 5.41) is 12.4. The Balaban J connectivity index is 2.53. The first kappa shape index (κ1) is 16.0. The molecule has 1 aliphatic rings. The molecule has 5 heteroatoms. The van der Waals surface area contributed by atoms with E-state index in [2.05, 4.69) is 5.32 Å². The van der Waals surface area contributed by atoms with Gasteiger partial charge in [0.15, 0.2) is 0 Å². The number of hydrogen-bond acceptors (Lipinski definition) is 3. The summed E-state index contributed by atoms with van der Waals surface area (Å²) in [6, 6.07) is -0.366. The number of carbonyl (C=O) groups is 2. The second-order valence-corrected chi connectivity index (χ2v) is 5.90. The first-order chi connectivity index (χ1) is 8.84. The molecule has 1 heterocycles. The molecule has 19 heavy (non-hydrogen) atoms. The van der Waals surface area contributed by atoms with Gasteiger partial charge in [-0.1, -0.05) is 27.7 Å². The van der Waals surface area contributed by atoms with E-state index in [9.17, 15) is 14.7 Å². The van der Waals surface area contributed by atoms with Crippen LogP contribution in [0.1, 0.15) is 40.5 Å². The fraction of sp³-hybridized carbons (Fsp3) is 0.857. The van der Waals surface area contributed by atoms with Crippen molar-refractivity contribution in [2.45, 2.75) is 52.7 Å². The van der Waals surface area contributed by atoms with Crippen molar-refractivity contribution < 1.29 is 14.7 Å². The summed E-state index contributed by atoms with van der Waals surface area (Å²) in [6.07, 6.45) is 1.03. The van der Waals surface area contributed by atoms with Crippen LogP contribution in [0.15, 0.2) is 0 Å². The molecule has 5 nitrogen and oxygen atoms in total. The summed E-state index contributed by atoms with van der Waals surface area (Å²) in [5.74, 6) is -0.0970. The maximum absolute atomic E-state index is 12.1. The second kappa shape index (κ2) is 6.89. The van der Waals surface area contributed by atoms with Crippen LogP contribution in [0.25, 0.3) is 0 Å². The number of carbonyl (C=O) groups excluding carboxylic acids is 2. The fourth-order valence-corrected chi connectivity index (χ4v) is 2.19. The van der Waals surface area contributed by atoms with E-state index in [-0.39, 0.29) is 36.2 Å². The van der Waals surface area contributed by atoms with Gasteiger partial charge >= 0.3 is 0 Å². The van der Waals surface area contributed by atoms with E-state index >= 15 is 0 Å². The smallest absolute Gasteiger partial charge is 0.242 e. The number of nitrogens with one attached hydrogen (secondary N) is 1. The highest BCUT2D eigenvalue weighted by molar-refractivity contribution is 5.88. The molecule has 0 radical (unpaired) electrons. The van der Waals surface area contributed by atoms with Crippen LogP contribution in [0, 0.1) is 11.8 Å². The zero-order chi connectivity index (χ0) is 14.6. The Morgan fingerprint density at radius 1 is 1.32 bits per heavy atom. The Labute approximate surface area is 115 Å². The van der Waals surface area contributed by atoms with Crippen molar-refractivity contribution in [3.05, 3.63) is 0 Å². The molecule has 0 aromatic heterocycles. The van der Waals surface area contributed by atoms with Crippen molar-refractivity contribution in [1.82, 2.24) is 10.2 Å². The molecule has 2 amide bonds. The molecule has 2 N–H and O–H groups in total. The van der Waals surface area contributed by atoms with E-state index in [1.165, 1.54) is 0 Å². The van der Waals surface area contributed by atoms with E-state index in [1.54, 1.807) is 4.90 Å². The van der Waals surface area contributed by atoms with E-state index in [0.29, 0.717) is 13.0 Å². The predicted molar refractivity (Wildman–Crippen MR) is 73.4 cm³/mol. The molecule has 0 bridgehead atoms. The molecule has 0 spiro atoms. The van der Waals surface area contributed by atoms with Crippen LogP contribution in [0.3, 0.4) is 0 Å². The quantitative estimate of drug-likeness (QED) is 0.775. The lowest BCUT2D eigenvalue weighted by molar-refractivity contribution is -0.140. The zero-order valence-corrected chi connectivity index (χ0v) is 12.3. The monoisotopic (exact) mass is 270 g/mol. The average Bonchev–Trinajstić information content (AvgIpc) is 2.83. The third kappa shape index (κ3) is 4.20. The van der Waals surface area contributed by atoms with Gasteiger partial charge in [-0.3, -0.25) is 9.59 Å². The maximum Gasteiger partial charge on any atom is 0.242 e. The number of amides is 2. The Hall–Kier alpha value is -1.10. The van der Waals surface area contributed by atoms with Crippen LogP contribution in [-0.2, 0) is 9.59 Å². The molecule has 1 saturated heterocycles. The molecule has 0 aromatic carbocycles. The third-order valence-electron chi connectivity index (χ3n) is 3.59. The van der Waals surface area contributed by atoms with Gasteiger partial charge in [0, 0.05) is 19.0 Å².